The standard InChI is InChI=1S/C13H23N3O5/c1-8-5-6-16(7-10(8)21-2)13(20)15-9(12(18)19)3-4-11(14)17/h8-10H,3-7H2,1-2H3,(H2,14,17)(H,15,20)(H,18,19)/t8?,9-,10?/m1/s1. The molecule has 2 unspecified atom stereocenters. The molecule has 0 aromatic carbocycles. The van der Waals surface area contributed by atoms with E-state index in [4.69, 9.17) is 15.6 Å². The van der Waals surface area contributed by atoms with Crippen molar-refractivity contribution in [2.24, 2.45) is 11.7 Å². The zero-order chi connectivity index (χ0) is 16.0. The van der Waals surface area contributed by atoms with Crippen LogP contribution in [0.15, 0.2) is 0 Å². The molecule has 0 saturated carbocycles. The molecule has 21 heavy (non-hydrogen) atoms. The third-order valence-electron chi connectivity index (χ3n) is 3.75. The first kappa shape index (κ1) is 17.2. The number of carbonyl (C=O) groups excluding carboxylic acids is 2. The number of carboxylic acids is 1. The van der Waals surface area contributed by atoms with Gasteiger partial charge in [-0.3, -0.25) is 4.79 Å². The minimum atomic E-state index is -1.18. The van der Waals surface area contributed by atoms with E-state index in [1.54, 1.807) is 7.11 Å². The van der Waals surface area contributed by atoms with Gasteiger partial charge >= 0.3 is 12.0 Å². The normalized spacial score (nSPS) is 23.4. The molecule has 0 spiro atoms. The lowest BCUT2D eigenvalue weighted by Crippen LogP contribution is -2.53. The van der Waals surface area contributed by atoms with Gasteiger partial charge in [0.2, 0.25) is 5.91 Å². The number of aliphatic carboxylic acids is 1. The van der Waals surface area contributed by atoms with Crippen LogP contribution in [0.25, 0.3) is 0 Å². The van der Waals surface area contributed by atoms with Crippen molar-refractivity contribution in [3.05, 3.63) is 0 Å². The first-order chi connectivity index (χ1) is 9.85. The Kier molecular flexibility index (Phi) is 6.41. The van der Waals surface area contributed by atoms with Gasteiger partial charge < -0.3 is 25.8 Å². The van der Waals surface area contributed by atoms with Crippen LogP contribution in [0, 0.1) is 5.92 Å². The van der Waals surface area contributed by atoms with E-state index in [-0.39, 0.29) is 18.9 Å². The average molecular weight is 301 g/mol. The summed E-state index contributed by atoms with van der Waals surface area (Å²) in [4.78, 5) is 35.5. The Balaban J connectivity index is 2.56. The lowest BCUT2D eigenvalue weighted by molar-refractivity contribution is -0.139. The molecule has 0 bridgehead atoms. The second-order valence-electron chi connectivity index (χ2n) is 5.33. The number of likely N-dealkylation sites (tertiary alicyclic amines) is 1. The molecule has 0 aromatic rings. The van der Waals surface area contributed by atoms with Crippen molar-refractivity contribution in [3.8, 4) is 0 Å². The van der Waals surface area contributed by atoms with E-state index in [1.807, 2.05) is 0 Å². The Morgan fingerprint density at radius 1 is 1.48 bits per heavy atom. The van der Waals surface area contributed by atoms with E-state index in [1.165, 1.54) is 4.90 Å². The Morgan fingerprint density at radius 2 is 2.14 bits per heavy atom. The van der Waals surface area contributed by atoms with Gasteiger partial charge in [0.05, 0.1) is 6.10 Å². The summed E-state index contributed by atoms with van der Waals surface area (Å²) in [7, 11) is 1.59. The van der Waals surface area contributed by atoms with E-state index < -0.39 is 23.9 Å². The van der Waals surface area contributed by atoms with Crippen molar-refractivity contribution in [2.45, 2.75) is 38.3 Å². The molecule has 8 nitrogen and oxygen atoms in total. The van der Waals surface area contributed by atoms with Gasteiger partial charge in [-0.25, -0.2) is 9.59 Å². The number of rotatable bonds is 6. The van der Waals surface area contributed by atoms with Gasteiger partial charge in [0, 0.05) is 26.6 Å². The molecule has 1 aliphatic heterocycles. The Hall–Kier alpha value is -1.83. The lowest BCUT2D eigenvalue weighted by Gasteiger charge is -2.36. The van der Waals surface area contributed by atoms with Crippen molar-refractivity contribution in [3.63, 3.8) is 0 Å². The third-order valence-corrected chi connectivity index (χ3v) is 3.75. The summed E-state index contributed by atoms with van der Waals surface area (Å²) >= 11 is 0. The maximum atomic E-state index is 12.1. The molecule has 4 N–H and O–H groups in total. The number of hydrogen-bond donors (Lipinski definition) is 3. The smallest absolute Gasteiger partial charge is 0.326 e. The monoisotopic (exact) mass is 301 g/mol. The Labute approximate surface area is 123 Å². The van der Waals surface area contributed by atoms with Crippen LogP contribution in [-0.2, 0) is 14.3 Å². The molecule has 0 radical (unpaired) electrons. The van der Waals surface area contributed by atoms with Gasteiger partial charge in [-0.15, -0.1) is 0 Å². The summed E-state index contributed by atoms with van der Waals surface area (Å²) in [5.41, 5.74) is 4.99. The molecule has 1 heterocycles. The van der Waals surface area contributed by atoms with Gasteiger partial charge in [-0.05, 0) is 18.8 Å². The summed E-state index contributed by atoms with van der Waals surface area (Å²) in [6, 6.07) is -1.58. The second-order valence-corrected chi connectivity index (χ2v) is 5.33. The van der Waals surface area contributed by atoms with Crippen molar-refractivity contribution in [1.82, 2.24) is 10.2 Å². The summed E-state index contributed by atoms with van der Waals surface area (Å²) in [5.74, 6) is -1.43. The van der Waals surface area contributed by atoms with Crippen molar-refractivity contribution < 1.29 is 24.2 Å². The number of carboxylic acid groups (broad SMARTS) is 1. The number of amides is 3. The first-order valence-electron chi connectivity index (χ1n) is 6.94. The molecule has 0 aromatic heterocycles. The van der Waals surface area contributed by atoms with Crippen LogP contribution < -0.4 is 11.1 Å². The number of hydrogen-bond acceptors (Lipinski definition) is 4. The molecule has 3 atom stereocenters. The molecular formula is C13H23N3O5. The fourth-order valence-corrected chi connectivity index (χ4v) is 2.31. The zero-order valence-corrected chi connectivity index (χ0v) is 12.4. The Bertz CT molecular complexity index is 401. The molecule has 0 aliphatic carbocycles. The number of nitrogens with zero attached hydrogens (tertiary/aromatic N) is 1. The number of piperidine rings is 1. The molecular weight excluding hydrogens is 278 g/mol. The van der Waals surface area contributed by atoms with Crippen molar-refractivity contribution >= 4 is 17.9 Å². The molecule has 8 heteroatoms. The van der Waals surface area contributed by atoms with Crippen LogP contribution in [0.1, 0.15) is 26.2 Å². The number of ether oxygens (including phenoxy) is 1. The predicted molar refractivity (Wildman–Crippen MR) is 74.5 cm³/mol. The minimum absolute atomic E-state index is 0.0195. The fourth-order valence-electron chi connectivity index (χ4n) is 2.31. The molecule has 1 aliphatic rings. The second kappa shape index (κ2) is 7.82. The summed E-state index contributed by atoms with van der Waals surface area (Å²) in [6.45, 7) is 3.02. The first-order valence-corrected chi connectivity index (χ1v) is 6.94. The predicted octanol–water partition coefficient (Wildman–Crippen LogP) is -0.228. The lowest BCUT2D eigenvalue weighted by atomic mass is 9.96. The molecule has 120 valence electrons. The highest BCUT2D eigenvalue weighted by molar-refractivity contribution is 5.83. The van der Waals surface area contributed by atoms with E-state index >= 15 is 0 Å². The average Bonchev–Trinajstić information content (AvgIpc) is 2.43. The fraction of sp³-hybridized carbons (Fsp3) is 0.769. The van der Waals surface area contributed by atoms with Crippen LogP contribution in [0.4, 0.5) is 4.79 Å². The highest BCUT2D eigenvalue weighted by atomic mass is 16.5. The number of nitrogens with one attached hydrogen (secondary N) is 1. The molecule has 3 amide bonds. The number of urea groups is 1. The topological polar surface area (TPSA) is 122 Å². The maximum absolute atomic E-state index is 12.1. The summed E-state index contributed by atoms with van der Waals surface area (Å²) in [5, 5.41) is 11.5. The van der Waals surface area contributed by atoms with E-state index in [0.29, 0.717) is 19.0 Å². The van der Waals surface area contributed by atoms with E-state index in [0.717, 1.165) is 6.42 Å². The maximum Gasteiger partial charge on any atom is 0.326 e. The van der Waals surface area contributed by atoms with E-state index in [9.17, 15) is 14.4 Å². The number of primary amides is 1. The van der Waals surface area contributed by atoms with Crippen LogP contribution in [0.3, 0.4) is 0 Å². The van der Waals surface area contributed by atoms with Crippen LogP contribution in [-0.4, -0.2) is 60.3 Å². The SMILES string of the molecule is COC1CN(C(=O)N[C@H](CCC(N)=O)C(=O)O)CCC1C. The summed E-state index contributed by atoms with van der Waals surface area (Å²) in [6.07, 6.45) is 0.632. The van der Waals surface area contributed by atoms with Crippen molar-refractivity contribution in [1.29, 1.82) is 0 Å². The number of carbonyl (C=O) groups is 3. The van der Waals surface area contributed by atoms with Gasteiger partial charge in [-0.2, -0.15) is 0 Å². The minimum Gasteiger partial charge on any atom is -0.480 e. The van der Waals surface area contributed by atoms with Crippen LogP contribution in [0.5, 0.6) is 0 Å². The van der Waals surface area contributed by atoms with E-state index in [2.05, 4.69) is 12.2 Å². The van der Waals surface area contributed by atoms with Crippen LogP contribution >= 0.6 is 0 Å². The largest absolute Gasteiger partial charge is 0.480 e. The van der Waals surface area contributed by atoms with Crippen LogP contribution in [0.2, 0.25) is 0 Å². The van der Waals surface area contributed by atoms with Gasteiger partial charge in [0.1, 0.15) is 6.04 Å². The third kappa shape index (κ3) is 5.22. The highest BCUT2D eigenvalue weighted by Crippen LogP contribution is 2.19. The zero-order valence-electron chi connectivity index (χ0n) is 12.4. The molecule has 1 saturated heterocycles. The number of methoxy groups -OCH3 is 1. The van der Waals surface area contributed by atoms with Gasteiger partial charge in [-0.1, -0.05) is 6.92 Å². The number of nitrogens with two attached hydrogens (primary N) is 1. The summed E-state index contributed by atoms with van der Waals surface area (Å²) < 4.78 is 5.32. The van der Waals surface area contributed by atoms with Gasteiger partial charge in [0.25, 0.3) is 0 Å². The van der Waals surface area contributed by atoms with Gasteiger partial charge in [0.15, 0.2) is 0 Å². The van der Waals surface area contributed by atoms with Crippen molar-refractivity contribution in [2.75, 3.05) is 20.2 Å². The quantitative estimate of drug-likeness (QED) is 0.625. The highest BCUT2D eigenvalue weighted by Gasteiger charge is 2.30. The molecule has 1 fully saturated rings. The Morgan fingerprint density at radius 3 is 2.67 bits per heavy atom. The molecule has 1 rings (SSSR count).